The van der Waals surface area contributed by atoms with Crippen LogP contribution >= 0.6 is 22.9 Å². The molecule has 0 spiro atoms. The molecule has 8 heteroatoms. The third-order valence-corrected chi connectivity index (χ3v) is 5.90. The number of esters is 1. The minimum atomic E-state index is -0.371. The lowest BCUT2D eigenvalue weighted by Crippen LogP contribution is -2.12. The summed E-state index contributed by atoms with van der Waals surface area (Å²) in [5.41, 5.74) is 3.12. The van der Waals surface area contributed by atoms with E-state index in [0.29, 0.717) is 36.8 Å². The zero-order chi connectivity index (χ0) is 21.7. The monoisotopic (exact) mass is 446 g/mol. The van der Waals surface area contributed by atoms with E-state index >= 15 is 0 Å². The van der Waals surface area contributed by atoms with E-state index in [9.17, 15) is 9.59 Å². The summed E-state index contributed by atoms with van der Waals surface area (Å²) in [5.74, 6) is 0.245. The molecule has 0 unspecified atom stereocenters. The molecule has 0 fully saturated rings. The number of nitrogens with zero attached hydrogens (tertiary/aromatic N) is 1. The second-order valence-corrected chi connectivity index (χ2v) is 8.20. The number of carbonyl (C=O) groups excluding carboxylic acids is 2. The third-order valence-electron chi connectivity index (χ3n) is 4.37. The van der Waals surface area contributed by atoms with Crippen LogP contribution in [0.1, 0.15) is 41.3 Å². The molecule has 1 amide bonds. The highest BCUT2D eigenvalue weighted by atomic mass is 35.5. The standard InChI is InChI=1S/C22H23ClN2O4S/c1-4-28-21(27)15-7-8-17-18(12-15)30-22(24-17)25-19(26)6-5-9-29-16-10-13(2)20(23)14(3)11-16/h7-8,10-12H,4-6,9H2,1-3H3,(H,24,25,26). The van der Waals surface area contributed by atoms with Gasteiger partial charge in [-0.05, 0) is 68.7 Å². The quantitative estimate of drug-likeness (QED) is 0.363. The van der Waals surface area contributed by atoms with Crippen LogP contribution in [0.15, 0.2) is 30.3 Å². The van der Waals surface area contributed by atoms with Gasteiger partial charge in [0.2, 0.25) is 5.91 Å². The number of anilines is 1. The Kier molecular flexibility index (Phi) is 7.29. The molecule has 0 saturated heterocycles. The molecule has 30 heavy (non-hydrogen) atoms. The van der Waals surface area contributed by atoms with Gasteiger partial charge in [-0.1, -0.05) is 22.9 Å². The molecule has 1 aromatic heterocycles. The molecule has 0 radical (unpaired) electrons. The number of halogens is 1. The highest BCUT2D eigenvalue weighted by Crippen LogP contribution is 2.28. The Bertz CT molecular complexity index is 1060. The number of hydrogen-bond donors (Lipinski definition) is 1. The van der Waals surface area contributed by atoms with Crippen LogP contribution in [0.2, 0.25) is 5.02 Å². The first-order valence-corrected chi connectivity index (χ1v) is 10.8. The van der Waals surface area contributed by atoms with Gasteiger partial charge in [-0.3, -0.25) is 4.79 Å². The van der Waals surface area contributed by atoms with Gasteiger partial charge in [0.25, 0.3) is 0 Å². The van der Waals surface area contributed by atoms with Crippen LogP contribution in [0.3, 0.4) is 0 Å². The Morgan fingerprint density at radius 2 is 1.90 bits per heavy atom. The lowest BCUT2D eigenvalue weighted by molar-refractivity contribution is -0.116. The summed E-state index contributed by atoms with van der Waals surface area (Å²) in [5, 5.41) is 4.05. The second kappa shape index (κ2) is 9.91. The number of hydrogen-bond acceptors (Lipinski definition) is 6. The summed E-state index contributed by atoms with van der Waals surface area (Å²) in [4.78, 5) is 28.5. The van der Waals surface area contributed by atoms with E-state index in [4.69, 9.17) is 21.1 Å². The Morgan fingerprint density at radius 3 is 2.60 bits per heavy atom. The van der Waals surface area contributed by atoms with Crippen molar-refractivity contribution in [2.45, 2.75) is 33.6 Å². The molecule has 3 aromatic rings. The fraction of sp³-hybridized carbons (Fsp3) is 0.318. The zero-order valence-corrected chi connectivity index (χ0v) is 18.7. The predicted molar refractivity (Wildman–Crippen MR) is 120 cm³/mol. The van der Waals surface area contributed by atoms with E-state index < -0.39 is 0 Å². The molecule has 3 rings (SSSR count). The molecule has 6 nitrogen and oxygen atoms in total. The minimum Gasteiger partial charge on any atom is -0.494 e. The highest BCUT2D eigenvalue weighted by molar-refractivity contribution is 7.22. The fourth-order valence-corrected chi connectivity index (χ4v) is 3.94. The minimum absolute atomic E-state index is 0.133. The number of benzene rings is 2. The van der Waals surface area contributed by atoms with Gasteiger partial charge in [0.1, 0.15) is 5.75 Å². The van der Waals surface area contributed by atoms with Gasteiger partial charge in [0.05, 0.1) is 29.0 Å². The lowest BCUT2D eigenvalue weighted by atomic mass is 10.1. The number of aromatic nitrogens is 1. The Labute approximate surface area is 184 Å². The van der Waals surface area contributed by atoms with Crippen LogP contribution in [0, 0.1) is 13.8 Å². The number of thiazole rings is 1. The van der Waals surface area contributed by atoms with Crippen LogP contribution in [0.25, 0.3) is 10.2 Å². The second-order valence-electron chi connectivity index (χ2n) is 6.79. The van der Waals surface area contributed by atoms with Crippen molar-refractivity contribution in [1.82, 2.24) is 4.98 Å². The molecule has 158 valence electrons. The van der Waals surface area contributed by atoms with Gasteiger partial charge in [-0.25, -0.2) is 9.78 Å². The van der Waals surface area contributed by atoms with Crippen molar-refractivity contribution >= 4 is 50.2 Å². The maximum atomic E-state index is 12.2. The maximum absolute atomic E-state index is 12.2. The summed E-state index contributed by atoms with van der Waals surface area (Å²) < 4.78 is 11.6. The largest absolute Gasteiger partial charge is 0.494 e. The van der Waals surface area contributed by atoms with Crippen LogP contribution in [-0.4, -0.2) is 30.1 Å². The number of amides is 1. The molecule has 1 N–H and O–H groups in total. The van der Waals surface area contributed by atoms with E-state index in [1.165, 1.54) is 11.3 Å². The summed E-state index contributed by atoms with van der Waals surface area (Å²) in [7, 11) is 0. The number of fused-ring (bicyclic) bond motifs is 1. The Hall–Kier alpha value is -2.64. The molecule has 0 aliphatic rings. The van der Waals surface area contributed by atoms with Crippen LogP contribution in [0.4, 0.5) is 5.13 Å². The molecule has 0 atom stereocenters. The van der Waals surface area contributed by atoms with Crippen molar-refractivity contribution in [3.05, 3.63) is 52.0 Å². The Morgan fingerprint density at radius 1 is 1.17 bits per heavy atom. The molecule has 0 aliphatic heterocycles. The first-order chi connectivity index (χ1) is 14.4. The number of nitrogens with one attached hydrogen (secondary N) is 1. The van der Waals surface area contributed by atoms with E-state index in [1.807, 2.05) is 26.0 Å². The van der Waals surface area contributed by atoms with Crippen molar-refractivity contribution < 1.29 is 19.1 Å². The summed E-state index contributed by atoms with van der Waals surface area (Å²) in [6.07, 6.45) is 0.889. The highest BCUT2D eigenvalue weighted by Gasteiger charge is 2.12. The molecule has 0 bridgehead atoms. The molecular weight excluding hydrogens is 424 g/mol. The zero-order valence-electron chi connectivity index (χ0n) is 17.1. The maximum Gasteiger partial charge on any atom is 0.338 e. The van der Waals surface area contributed by atoms with E-state index in [2.05, 4.69) is 10.3 Å². The number of ether oxygens (including phenoxy) is 2. The van der Waals surface area contributed by atoms with Crippen molar-refractivity contribution in [2.24, 2.45) is 0 Å². The summed E-state index contributed by atoms with van der Waals surface area (Å²) in [6.45, 7) is 6.38. The fourth-order valence-electron chi connectivity index (χ4n) is 2.91. The molecule has 1 heterocycles. The average molecular weight is 447 g/mol. The van der Waals surface area contributed by atoms with Crippen LogP contribution < -0.4 is 10.1 Å². The van der Waals surface area contributed by atoms with E-state index in [1.54, 1.807) is 25.1 Å². The topological polar surface area (TPSA) is 77.5 Å². The summed E-state index contributed by atoms with van der Waals surface area (Å²) >= 11 is 7.48. The number of aryl methyl sites for hydroxylation is 2. The molecule has 2 aromatic carbocycles. The van der Waals surface area contributed by atoms with E-state index in [-0.39, 0.29) is 11.9 Å². The first kappa shape index (κ1) is 22.1. The Balaban J connectivity index is 1.51. The average Bonchev–Trinajstić information content (AvgIpc) is 3.10. The van der Waals surface area contributed by atoms with Gasteiger partial charge in [0.15, 0.2) is 5.13 Å². The molecule has 0 saturated carbocycles. The molecule has 0 aliphatic carbocycles. The SMILES string of the molecule is CCOC(=O)c1ccc2nc(NC(=O)CCCOc3cc(C)c(Cl)c(C)c3)sc2c1. The van der Waals surface area contributed by atoms with Crippen LogP contribution in [-0.2, 0) is 9.53 Å². The first-order valence-electron chi connectivity index (χ1n) is 9.64. The predicted octanol–water partition coefficient (Wildman–Crippen LogP) is 5.54. The van der Waals surface area contributed by atoms with Crippen molar-refractivity contribution in [1.29, 1.82) is 0 Å². The normalized spacial score (nSPS) is 10.8. The number of carbonyl (C=O) groups is 2. The lowest BCUT2D eigenvalue weighted by Gasteiger charge is -2.09. The van der Waals surface area contributed by atoms with Gasteiger partial charge < -0.3 is 14.8 Å². The van der Waals surface area contributed by atoms with Crippen molar-refractivity contribution in [3.63, 3.8) is 0 Å². The number of rotatable bonds is 8. The summed E-state index contributed by atoms with van der Waals surface area (Å²) in [6, 6.07) is 8.92. The van der Waals surface area contributed by atoms with Gasteiger partial charge in [-0.2, -0.15) is 0 Å². The van der Waals surface area contributed by atoms with Crippen LogP contribution in [0.5, 0.6) is 5.75 Å². The smallest absolute Gasteiger partial charge is 0.338 e. The van der Waals surface area contributed by atoms with Crippen molar-refractivity contribution in [2.75, 3.05) is 18.5 Å². The van der Waals surface area contributed by atoms with Crippen molar-refractivity contribution in [3.8, 4) is 5.75 Å². The molecular formula is C22H23ClN2O4S. The van der Waals surface area contributed by atoms with Gasteiger partial charge >= 0.3 is 5.97 Å². The van der Waals surface area contributed by atoms with Gasteiger partial charge in [-0.15, -0.1) is 0 Å². The van der Waals surface area contributed by atoms with Gasteiger partial charge in [0, 0.05) is 11.4 Å². The third kappa shape index (κ3) is 5.49. The van der Waals surface area contributed by atoms with E-state index in [0.717, 1.165) is 32.1 Å².